The molecule has 2 rings (SSSR count). The van der Waals surface area contributed by atoms with Crippen LogP contribution >= 0.6 is 27.5 Å². The van der Waals surface area contributed by atoms with Crippen molar-refractivity contribution in [3.8, 4) is 0 Å². The summed E-state index contributed by atoms with van der Waals surface area (Å²) in [6, 6.07) is 12.6. The first kappa shape index (κ1) is 14.9. The van der Waals surface area contributed by atoms with E-state index < -0.39 is 0 Å². The van der Waals surface area contributed by atoms with Crippen LogP contribution in [0.25, 0.3) is 0 Å². The number of hydrogen-bond donors (Lipinski definition) is 1. The molecule has 0 bridgehead atoms. The van der Waals surface area contributed by atoms with Crippen LogP contribution in [-0.2, 0) is 6.54 Å². The molecule has 2 aromatic rings. The molecule has 0 aliphatic carbocycles. The van der Waals surface area contributed by atoms with E-state index in [1.807, 2.05) is 24.3 Å². The molecule has 5 heteroatoms. The molecule has 0 heterocycles. The van der Waals surface area contributed by atoms with E-state index in [0.717, 1.165) is 10.0 Å². The van der Waals surface area contributed by atoms with Gasteiger partial charge < -0.3 is 10.6 Å². The number of benzene rings is 2. The third-order valence-electron chi connectivity index (χ3n) is 2.93. The number of amides is 1. The Morgan fingerprint density at radius 1 is 1.25 bits per heavy atom. The largest absolute Gasteiger partial charge is 0.398 e. The van der Waals surface area contributed by atoms with Gasteiger partial charge in [0.05, 0.1) is 0 Å². The molecular formula is C15H14BrClN2O. The molecule has 2 aromatic carbocycles. The lowest BCUT2D eigenvalue weighted by Gasteiger charge is -2.17. The van der Waals surface area contributed by atoms with Gasteiger partial charge in [-0.15, -0.1) is 0 Å². The fourth-order valence-corrected chi connectivity index (χ4v) is 2.32. The van der Waals surface area contributed by atoms with E-state index in [-0.39, 0.29) is 5.91 Å². The summed E-state index contributed by atoms with van der Waals surface area (Å²) in [5, 5.41) is 0.685. The standard InChI is InChI=1S/C15H14BrClN2O/c1-19(9-10-2-5-12(17)6-3-10)15(20)11-4-7-14(18)13(16)8-11/h2-8H,9,18H2,1H3. The molecule has 0 aromatic heterocycles. The monoisotopic (exact) mass is 352 g/mol. The number of nitrogen functional groups attached to an aromatic ring is 1. The summed E-state index contributed by atoms with van der Waals surface area (Å²) in [7, 11) is 1.77. The Morgan fingerprint density at radius 3 is 2.50 bits per heavy atom. The Bertz CT molecular complexity index is 628. The van der Waals surface area contributed by atoms with Crippen LogP contribution in [0.1, 0.15) is 15.9 Å². The van der Waals surface area contributed by atoms with Gasteiger partial charge in [-0.1, -0.05) is 23.7 Å². The first-order chi connectivity index (χ1) is 9.47. The Morgan fingerprint density at radius 2 is 1.90 bits per heavy atom. The molecule has 0 spiro atoms. The highest BCUT2D eigenvalue weighted by Gasteiger charge is 2.13. The second kappa shape index (κ2) is 6.29. The normalized spacial score (nSPS) is 10.3. The smallest absolute Gasteiger partial charge is 0.253 e. The minimum Gasteiger partial charge on any atom is -0.398 e. The van der Waals surface area contributed by atoms with Crippen LogP contribution in [-0.4, -0.2) is 17.9 Å². The number of anilines is 1. The highest BCUT2D eigenvalue weighted by Crippen LogP contribution is 2.21. The quantitative estimate of drug-likeness (QED) is 0.849. The number of rotatable bonds is 3. The van der Waals surface area contributed by atoms with Crippen LogP contribution in [0.4, 0.5) is 5.69 Å². The first-order valence-corrected chi connectivity index (χ1v) is 7.19. The maximum atomic E-state index is 12.3. The third kappa shape index (κ3) is 3.52. The molecule has 0 aliphatic heterocycles. The van der Waals surface area contributed by atoms with Gasteiger partial charge in [0.25, 0.3) is 5.91 Å². The summed E-state index contributed by atoms with van der Waals surface area (Å²) < 4.78 is 0.725. The van der Waals surface area contributed by atoms with Gasteiger partial charge in [-0.2, -0.15) is 0 Å². The van der Waals surface area contributed by atoms with Crippen LogP contribution in [0.15, 0.2) is 46.9 Å². The van der Waals surface area contributed by atoms with Crippen LogP contribution in [0.5, 0.6) is 0 Å². The molecule has 2 N–H and O–H groups in total. The summed E-state index contributed by atoms with van der Waals surface area (Å²) in [5.74, 6) is -0.0550. The van der Waals surface area contributed by atoms with Crippen molar-refractivity contribution in [3.05, 3.63) is 63.1 Å². The minimum absolute atomic E-state index is 0.0550. The van der Waals surface area contributed by atoms with E-state index in [1.165, 1.54) is 0 Å². The summed E-state index contributed by atoms with van der Waals surface area (Å²) in [5.41, 5.74) is 7.96. The van der Waals surface area contributed by atoms with Crippen LogP contribution in [0, 0.1) is 0 Å². The van der Waals surface area contributed by atoms with E-state index in [9.17, 15) is 4.79 Å². The highest BCUT2D eigenvalue weighted by molar-refractivity contribution is 9.10. The van der Waals surface area contributed by atoms with Gasteiger partial charge in [0.2, 0.25) is 0 Å². The van der Waals surface area contributed by atoms with Gasteiger partial charge in [0.15, 0.2) is 0 Å². The molecule has 0 saturated heterocycles. The predicted molar refractivity (Wildman–Crippen MR) is 85.8 cm³/mol. The lowest BCUT2D eigenvalue weighted by atomic mass is 10.1. The average molecular weight is 354 g/mol. The van der Waals surface area contributed by atoms with Gasteiger partial charge in [-0.25, -0.2) is 0 Å². The Labute approximate surface area is 131 Å². The maximum absolute atomic E-state index is 12.3. The number of nitrogens with zero attached hydrogens (tertiary/aromatic N) is 1. The van der Waals surface area contributed by atoms with Gasteiger partial charge in [0, 0.05) is 34.3 Å². The average Bonchev–Trinajstić information content (AvgIpc) is 2.43. The summed E-state index contributed by atoms with van der Waals surface area (Å²) in [6.45, 7) is 0.526. The molecule has 0 radical (unpaired) electrons. The molecule has 0 fully saturated rings. The lowest BCUT2D eigenvalue weighted by Crippen LogP contribution is -2.26. The van der Waals surface area contributed by atoms with Crippen LogP contribution in [0.3, 0.4) is 0 Å². The molecule has 1 amide bonds. The van der Waals surface area contributed by atoms with Crippen molar-refractivity contribution < 1.29 is 4.79 Å². The lowest BCUT2D eigenvalue weighted by molar-refractivity contribution is 0.0785. The van der Waals surface area contributed by atoms with Crippen molar-refractivity contribution >= 4 is 39.1 Å². The van der Waals surface area contributed by atoms with Crippen molar-refractivity contribution in [1.82, 2.24) is 4.90 Å². The van der Waals surface area contributed by atoms with Crippen molar-refractivity contribution in [2.24, 2.45) is 0 Å². The fourth-order valence-electron chi connectivity index (χ4n) is 1.82. The second-order valence-corrected chi connectivity index (χ2v) is 5.81. The number of carbonyl (C=O) groups excluding carboxylic acids is 1. The van der Waals surface area contributed by atoms with E-state index in [2.05, 4.69) is 15.9 Å². The van der Waals surface area contributed by atoms with Crippen LogP contribution < -0.4 is 5.73 Å². The number of carbonyl (C=O) groups is 1. The maximum Gasteiger partial charge on any atom is 0.253 e. The molecular weight excluding hydrogens is 340 g/mol. The number of nitrogens with two attached hydrogens (primary N) is 1. The number of hydrogen-bond acceptors (Lipinski definition) is 2. The predicted octanol–water partition coefficient (Wildman–Crippen LogP) is 3.96. The molecule has 0 unspecified atom stereocenters. The van der Waals surface area contributed by atoms with Crippen molar-refractivity contribution in [2.45, 2.75) is 6.54 Å². The minimum atomic E-state index is -0.0550. The second-order valence-electron chi connectivity index (χ2n) is 4.52. The van der Waals surface area contributed by atoms with Crippen molar-refractivity contribution in [2.75, 3.05) is 12.8 Å². The SMILES string of the molecule is CN(Cc1ccc(Cl)cc1)C(=O)c1ccc(N)c(Br)c1. The zero-order chi connectivity index (χ0) is 14.7. The van der Waals surface area contributed by atoms with E-state index in [1.54, 1.807) is 30.1 Å². The van der Waals surface area contributed by atoms with Gasteiger partial charge in [-0.05, 0) is 51.8 Å². The topological polar surface area (TPSA) is 46.3 Å². The molecule has 3 nitrogen and oxygen atoms in total. The molecule has 0 atom stereocenters. The summed E-state index contributed by atoms with van der Waals surface area (Å²) in [6.07, 6.45) is 0. The van der Waals surface area contributed by atoms with E-state index >= 15 is 0 Å². The zero-order valence-electron chi connectivity index (χ0n) is 10.9. The first-order valence-electron chi connectivity index (χ1n) is 6.02. The van der Waals surface area contributed by atoms with Crippen molar-refractivity contribution in [3.63, 3.8) is 0 Å². The third-order valence-corrected chi connectivity index (χ3v) is 3.87. The fraction of sp³-hybridized carbons (Fsp3) is 0.133. The van der Waals surface area contributed by atoms with Gasteiger partial charge in [0.1, 0.15) is 0 Å². The Balaban J connectivity index is 2.11. The number of halogens is 2. The summed E-state index contributed by atoms with van der Waals surface area (Å²) in [4.78, 5) is 14.0. The zero-order valence-corrected chi connectivity index (χ0v) is 13.3. The van der Waals surface area contributed by atoms with E-state index in [4.69, 9.17) is 17.3 Å². The van der Waals surface area contributed by atoms with Gasteiger partial charge >= 0.3 is 0 Å². The highest BCUT2D eigenvalue weighted by atomic mass is 79.9. The molecule has 104 valence electrons. The molecule has 0 saturated carbocycles. The van der Waals surface area contributed by atoms with Crippen LogP contribution in [0.2, 0.25) is 5.02 Å². The molecule has 0 aliphatic rings. The van der Waals surface area contributed by atoms with E-state index in [0.29, 0.717) is 22.8 Å². The summed E-state index contributed by atoms with van der Waals surface area (Å²) >= 11 is 9.17. The van der Waals surface area contributed by atoms with Gasteiger partial charge in [-0.3, -0.25) is 4.79 Å². The van der Waals surface area contributed by atoms with Crippen molar-refractivity contribution in [1.29, 1.82) is 0 Å². The Hall–Kier alpha value is -1.52. The Kier molecular flexibility index (Phi) is 4.68. The molecule has 20 heavy (non-hydrogen) atoms.